The Morgan fingerprint density at radius 1 is 1.03 bits per heavy atom. The zero-order valence-electron chi connectivity index (χ0n) is 21.5. The van der Waals surface area contributed by atoms with Crippen molar-refractivity contribution in [1.29, 1.82) is 0 Å². The second-order valence-electron chi connectivity index (χ2n) is 11.3. The van der Waals surface area contributed by atoms with Crippen molar-refractivity contribution in [2.24, 2.45) is 5.41 Å². The predicted octanol–water partition coefficient (Wildman–Crippen LogP) is 1.71. The zero-order valence-corrected chi connectivity index (χ0v) is 21.5. The highest BCUT2D eigenvalue weighted by Gasteiger charge is 2.52. The molecule has 2 rings (SSSR count). The molecule has 3 N–H and O–H groups in total. The highest BCUT2D eigenvalue weighted by molar-refractivity contribution is 5.81. The Hall–Kier alpha value is -1.10. The minimum Gasteiger partial charge on any atom is -0.387 e. The topological polar surface area (TPSA) is 124 Å². The monoisotopic (exact) mass is 473 g/mol. The van der Waals surface area contributed by atoms with Gasteiger partial charge in [-0.1, -0.05) is 27.7 Å². The first kappa shape index (κ1) is 28.1. The van der Waals surface area contributed by atoms with Crippen LogP contribution in [-0.2, 0) is 28.5 Å². The van der Waals surface area contributed by atoms with Crippen LogP contribution in [0.2, 0.25) is 0 Å². The average molecular weight is 474 g/mol. The van der Waals surface area contributed by atoms with Crippen LogP contribution in [-0.4, -0.2) is 82.6 Å². The summed E-state index contributed by atoms with van der Waals surface area (Å²) in [5.74, 6) is -0.569. The standard InChI is InChI=1S/C24H43NO8/c1-10-14-11-15(16(25-13(3)27)21(30-14)23(4,5)6)31-22-18(29)17(28)20(33-24(7,8)9)19(32-22)12(2)26/h14-22,28-29H,10-11H2,1-9H3,(H,25,27). The molecule has 2 heterocycles. The second-order valence-corrected chi connectivity index (χ2v) is 11.3. The molecule has 0 bridgehead atoms. The van der Waals surface area contributed by atoms with Gasteiger partial charge in [0.25, 0.3) is 0 Å². The Morgan fingerprint density at radius 3 is 2.09 bits per heavy atom. The number of ether oxygens (including phenoxy) is 4. The van der Waals surface area contributed by atoms with Crippen LogP contribution < -0.4 is 5.32 Å². The Morgan fingerprint density at radius 2 is 1.64 bits per heavy atom. The number of Topliss-reactive ketones (excluding diaryl/α,β-unsaturated/α-hetero) is 1. The molecule has 9 atom stereocenters. The predicted molar refractivity (Wildman–Crippen MR) is 121 cm³/mol. The van der Waals surface area contributed by atoms with E-state index in [2.05, 4.69) is 5.32 Å². The van der Waals surface area contributed by atoms with Gasteiger partial charge in [-0.15, -0.1) is 0 Å². The summed E-state index contributed by atoms with van der Waals surface area (Å²) in [4.78, 5) is 24.3. The summed E-state index contributed by atoms with van der Waals surface area (Å²) in [5.41, 5.74) is -0.969. The highest BCUT2D eigenvalue weighted by Crippen LogP contribution is 2.37. The molecule has 33 heavy (non-hydrogen) atoms. The molecule has 0 aliphatic carbocycles. The average Bonchev–Trinajstić information content (AvgIpc) is 2.66. The maximum atomic E-state index is 12.3. The third kappa shape index (κ3) is 7.19. The summed E-state index contributed by atoms with van der Waals surface area (Å²) in [6.07, 6.45) is -6.07. The molecular weight excluding hydrogens is 430 g/mol. The number of rotatable bonds is 6. The summed E-state index contributed by atoms with van der Waals surface area (Å²) in [6, 6.07) is -0.502. The fourth-order valence-corrected chi connectivity index (χ4v) is 4.49. The Balaban J connectivity index is 2.32. The summed E-state index contributed by atoms with van der Waals surface area (Å²) in [5, 5.41) is 24.6. The van der Waals surface area contributed by atoms with E-state index in [0.717, 1.165) is 6.42 Å². The van der Waals surface area contributed by atoms with E-state index in [1.165, 1.54) is 13.8 Å². The molecule has 2 aliphatic rings. The molecule has 1 amide bonds. The molecule has 0 radical (unpaired) electrons. The molecular formula is C24H43NO8. The smallest absolute Gasteiger partial charge is 0.217 e. The van der Waals surface area contributed by atoms with Gasteiger partial charge in [0.2, 0.25) is 5.91 Å². The van der Waals surface area contributed by atoms with E-state index < -0.39 is 48.5 Å². The second kappa shape index (κ2) is 10.7. The van der Waals surface area contributed by atoms with Crippen molar-refractivity contribution in [2.75, 3.05) is 0 Å². The Kier molecular flexibility index (Phi) is 9.09. The maximum absolute atomic E-state index is 12.3. The number of hydrogen-bond donors (Lipinski definition) is 3. The summed E-state index contributed by atoms with van der Waals surface area (Å²) < 4.78 is 24.2. The van der Waals surface area contributed by atoms with Crippen molar-refractivity contribution in [1.82, 2.24) is 5.32 Å². The molecule has 9 unspecified atom stereocenters. The largest absolute Gasteiger partial charge is 0.387 e. The maximum Gasteiger partial charge on any atom is 0.217 e. The fraction of sp³-hybridized carbons (Fsp3) is 0.917. The lowest BCUT2D eigenvalue weighted by Gasteiger charge is -2.49. The lowest BCUT2D eigenvalue weighted by molar-refractivity contribution is -0.324. The molecule has 2 fully saturated rings. The molecule has 2 saturated heterocycles. The summed E-state index contributed by atoms with van der Waals surface area (Å²) >= 11 is 0. The van der Waals surface area contributed by atoms with Crippen LogP contribution in [0.3, 0.4) is 0 Å². The Labute approximate surface area is 197 Å². The van der Waals surface area contributed by atoms with E-state index in [9.17, 15) is 19.8 Å². The van der Waals surface area contributed by atoms with Gasteiger partial charge in [-0.3, -0.25) is 9.59 Å². The van der Waals surface area contributed by atoms with Crippen molar-refractivity contribution in [2.45, 2.75) is 136 Å². The number of aliphatic hydroxyl groups is 2. The third-order valence-electron chi connectivity index (χ3n) is 5.98. The molecule has 0 aromatic carbocycles. The first-order valence-electron chi connectivity index (χ1n) is 11.8. The zero-order chi connectivity index (χ0) is 25.3. The number of hydrogen-bond acceptors (Lipinski definition) is 8. The van der Waals surface area contributed by atoms with E-state index in [0.29, 0.717) is 6.42 Å². The van der Waals surface area contributed by atoms with Crippen molar-refractivity contribution in [3.8, 4) is 0 Å². The molecule has 192 valence electrons. The molecule has 0 aromatic rings. The molecule has 0 aromatic heterocycles. The molecule has 9 nitrogen and oxygen atoms in total. The molecule has 0 saturated carbocycles. The minimum atomic E-state index is -1.44. The van der Waals surface area contributed by atoms with Crippen LogP contribution in [0.4, 0.5) is 0 Å². The number of aliphatic hydroxyl groups excluding tert-OH is 2. The lowest BCUT2D eigenvalue weighted by Crippen LogP contribution is -2.65. The number of ketones is 1. The van der Waals surface area contributed by atoms with Crippen LogP contribution in [0, 0.1) is 5.41 Å². The van der Waals surface area contributed by atoms with Crippen molar-refractivity contribution in [3.63, 3.8) is 0 Å². The molecule has 9 heteroatoms. The normalized spacial score (nSPS) is 38.1. The van der Waals surface area contributed by atoms with Crippen LogP contribution in [0.1, 0.15) is 75.2 Å². The summed E-state index contributed by atoms with van der Waals surface area (Å²) in [7, 11) is 0. The summed E-state index contributed by atoms with van der Waals surface area (Å²) in [6.45, 7) is 16.3. The van der Waals surface area contributed by atoms with Crippen LogP contribution in [0.15, 0.2) is 0 Å². The highest BCUT2D eigenvalue weighted by atomic mass is 16.7. The van der Waals surface area contributed by atoms with Gasteiger partial charge in [-0.2, -0.15) is 0 Å². The van der Waals surface area contributed by atoms with Crippen LogP contribution >= 0.6 is 0 Å². The van der Waals surface area contributed by atoms with E-state index in [1.54, 1.807) is 20.8 Å². The van der Waals surface area contributed by atoms with Gasteiger partial charge in [0.15, 0.2) is 12.1 Å². The Bertz CT molecular complexity index is 685. The minimum absolute atomic E-state index is 0.115. The van der Waals surface area contributed by atoms with Gasteiger partial charge in [0, 0.05) is 13.3 Å². The van der Waals surface area contributed by atoms with Crippen LogP contribution in [0.5, 0.6) is 0 Å². The van der Waals surface area contributed by atoms with Gasteiger partial charge in [0.05, 0.1) is 30.0 Å². The molecule has 2 aliphatic heterocycles. The van der Waals surface area contributed by atoms with Crippen LogP contribution in [0.25, 0.3) is 0 Å². The third-order valence-corrected chi connectivity index (χ3v) is 5.98. The van der Waals surface area contributed by atoms with Crippen molar-refractivity contribution < 1.29 is 38.7 Å². The fourth-order valence-electron chi connectivity index (χ4n) is 4.49. The SMILES string of the molecule is CCC1CC(OC2OC(C(C)=O)C(OC(C)(C)C)C(O)C2O)C(NC(C)=O)C(C(C)(C)C)O1. The van der Waals surface area contributed by atoms with Gasteiger partial charge < -0.3 is 34.5 Å². The quantitative estimate of drug-likeness (QED) is 0.533. The van der Waals surface area contributed by atoms with Gasteiger partial charge in [-0.25, -0.2) is 0 Å². The van der Waals surface area contributed by atoms with E-state index >= 15 is 0 Å². The molecule has 0 spiro atoms. The number of carbonyl (C=O) groups excluding carboxylic acids is 2. The van der Waals surface area contributed by atoms with E-state index in [1.807, 2.05) is 27.7 Å². The number of amides is 1. The number of carbonyl (C=O) groups is 2. The van der Waals surface area contributed by atoms with Crippen molar-refractivity contribution >= 4 is 11.7 Å². The lowest BCUT2D eigenvalue weighted by atomic mass is 9.79. The van der Waals surface area contributed by atoms with E-state index in [4.69, 9.17) is 18.9 Å². The van der Waals surface area contributed by atoms with Gasteiger partial charge in [0.1, 0.15) is 24.4 Å². The van der Waals surface area contributed by atoms with Gasteiger partial charge in [-0.05, 0) is 39.5 Å². The number of nitrogens with one attached hydrogen (secondary N) is 1. The van der Waals surface area contributed by atoms with Crippen molar-refractivity contribution in [3.05, 3.63) is 0 Å². The first-order chi connectivity index (χ1) is 15.0. The van der Waals surface area contributed by atoms with Gasteiger partial charge >= 0.3 is 0 Å². The first-order valence-corrected chi connectivity index (χ1v) is 11.8. The van der Waals surface area contributed by atoms with E-state index in [-0.39, 0.29) is 29.3 Å².